The van der Waals surface area contributed by atoms with Crippen LogP contribution in [0, 0.1) is 5.82 Å². The summed E-state index contributed by atoms with van der Waals surface area (Å²) in [7, 11) is 0. The van der Waals surface area contributed by atoms with Crippen molar-refractivity contribution in [1.29, 1.82) is 0 Å². The van der Waals surface area contributed by atoms with Crippen LogP contribution in [0.25, 0.3) is 10.9 Å². The number of hydrogen-bond donors (Lipinski definition) is 0. The second-order valence-corrected chi connectivity index (χ2v) is 7.54. The third kappa shape index (κ3) is 2.86. The molecule has 0 unspecified atom stereocenters. The molecular formula is C16H16ClFN4O2S. The van der Waals surface area contributed by atoms with Crippen molar-refractivity contribution in [3.05, 3.63) is 16.7 Å². The van der Waals surface area contributed by atoms with E-state index in [0.29, 0.717) is 36.1 Å². The number of ether oxygens (including phenoxy) is 1. The zero-order chi connectivity index (χ0) is 17.6. The number of carbonyl (C=O) groups excluding carboxylic acids is 1. The molecule has 2 aromatic heterocycles. The van der Waals surface area contributed by atoms with E-state index in [1.165, 1.54) is 11.8 Å². The molecule has 25 heavy (non-hydrogen) atoms. The van der Waals surface area contributed by atoms with Crippen molar-refractivity contribution in [3.63, 3.8) is 0 Å². The van der Waals surface area contributed by atoms with Gasteiger partial charge in [-0.3, -0.25) is 4.79 Å². The van der Waals surface area contributed by atoms with Gasteiger partial charge >= 0.3 is 0 Å². The summed E-state index contributed by atoms with van der Waals surface area (Å²) in [5.41, 5.74) is 0.215. The number of anilines is 1. The summed E-state index contributed by atoms with van der Waals surface area (Å²) in [5.74, 6) is 0.411. The third-order valence-electron chi connectivity index (χ3n) is 4.37. The molecule has 0 N–H and O–H groups in total. The Bertz CT molecular complexity index is 866. The topological polar surface area (TPSA) is 68.2 Å². The van der Waals surface area contributed by atoms with E-state index in [2.05, 4.69) is 15.0 Å². The Labute approximate surface area is 153 Å². The molecule has 2 aromatic rings. The number of rotatable bonds is 2. The number of ketones is 1. The maximum Gasteiger partial charge on any atom is 0.190 e. The first-order valence-corrected chi connectivity index (χ1v) is 9.53. The molecule has 2 aliphatic rings. The molecule has 1 saturated heterocycles. The van der Waals surface area contributed by atoms with Gasteiger partial charge in [0.1, 0.15) is 17.0 Å². The van der Waals surface area contributed by atoms with E-state index in [1.807, 2.05) is 11.8 Å². The monoisotopic (exact) mass is 382 g/mol. The van der Waals surface area contributed by atoms with Gasteiger partial charge in [-0.15, -0.1) is 0 Å². The van der Waals surface area contributed by atoms with Crippen LogP contribution in [0.2, 0.25) is 5.15 Å². The van der Waals surface area contributed by atoms with E-state index in [-0.39, 0.29) is 34.6 Å². The highest BCUT2D eigenvalue weighted by Gasteiger charge is 2.35. The van der Waals surface area contributed by atoms with Gasteiger partial charge in [-0.2, -0.15) is 0 Å². The SMILES string of the molecule is CCSc1nc2c3c(nc(Cl)c(F)c3n1)C(=O)C[C@H]1COCCCN21. The lowest BCUT2D eigenvalue weighted by molar-refractivity contribution is 0.0928. The summed E-state index contributed by atoms with van der Waals surface area (Å²) in [6.45, 7) is 3.72. The van der Waals surface area contributed by atoms with Gasteiger partial charge in [-0.1, -0.05) is 30.3 Å². The van der Waals surface area contributed by atoms with E-state index in [0.717, 1.165) is 12.2 Å². The fourth-order valence-corrected chi connectivity index (χ4v) is 4.04. The number of nitrogens with zero attached hydrogens (tertiary/aromatic N) is 4. The quantitative estimate of drug-likeness (QED) is 0.449. The standard InChI is InChI=1S/C16H16ClFN4O2S/c1-2-25-16-20-13-10-12(19-14(17)11(13)18)9(23)6-8-7-24-5-3-4-22(8)15(10)21-16/h8H,2-7H2,1H3/t8-/m0/s1. The van der Waals surface area contributed by atoms with E-state index in [1.54, 1.807) is 0 Å². The highest BCUT2D eigenvalue weighted by Crippen LogP contribution is 2.37. The van der Waals surface area contributed by atoms with Crippen molar-refractivity contribution in [2.75, 3.05) is 30.4 Å². The predicted molar refractivity (Wildman–Crippen MR) is 94.2 cm³/mol. The van der Waals surface area contributed by atoms with Gasteiger partial charge in [0, 0.05) is 19.6 Å². The zero-order valence-electron chi connectivity index (χ0n) is 13.6. The van der Waals surface area contributed by atoms with Gasteiger partial charge in [0.2, 0.25) is 0 Å². The molecular weight excluding hydrogens is 367 g/mol. The Hall–Kier alpha value is -1.51. The number of pyridine rings is 1. The lowest BCUT2D eigenvalue weighted by atomic mass is 10.1. The minimum atomic E-state index is -0.709. The summed E-state index contributed by atoms with van der Waals surface area (Å²) >= 11 is 7.35. The molecule has 0 saturated carbocycles. The molecule has 9 heteroatoms. The van der Waals surface area contributed by atoms with Crippen molar-refractivity contribution >= 4 is 45.9 Å². The van der Waals surface area contributed by atoms with Crippen LogP contribution in [0.4, 0.5) is 10.2 Å². The molecule has 0 aromatic carbocycles. The molecule has 6 nitrogen and oxygen atoms in total. The average molecular weight is 383 g/mol. The Morgan fingerprint density at radius 3 is 3.04 bits per heavy atom. The lowest BCUT2D eigenvalue weighted by Gasteiger charge is -2.29. The van der Waals surface area contributed by atoms with Crippen LogP contribution in [0.5, 0.6) is 0 Å². The first-order valence-electron chi connectivity index (χ1n) is 8.17. The van der Waals surface area contributed by atoms with Crippen LogP contribution in [0.15, 0.2) is 5.16 Å². The van der Waals surface area contributed by atoms with E-state index >= 15 is 0 Å². The fraction of sp³-hybridized carbons (Fsp3) is 0.500. The second kappa shape index (κ2) is 6.66. The number of fused-ring (bicyclic) bond motifs is 2. The van der Waals surface area contributed by atoms with Crippen molar-refractivity contribution in [2.45, 2.75) is 31.0 Å². The number of hydrogen-bond acceptors (Lipinski definition) is 7. The van der Waals surface area contributed by atoms with Gasteiger partial charge in [-0.25, -0.2) is 19.3 Å². The average Bonchev–Trinajstić information content (AvgIpc) is 2.87. The van der Waals surface area contributed by atoms with Gasteiger partial charge in [0.05, 0.1) is 18.0 Å². The molecule has 4 heterocycles. The Balaban J connectivity index is 2.04. The summed E-state index contributed by atoms with van der Waals surface area (Å²) in [6.07, 6.45) is 1.04. The van der Waals surface area contributed by atoms with Gasteiger partial charge in [0.25, 0.3) is 0 Å². The molecule has 0 spiro atoms. The predicted octanol–water partition coefficient (Wildman–Crippen LogP) is 3.11. The van der Waals surface area contributed by atoms with E-state index < -0.39 is 5.82 Å². The maximum atomic E-state index is 14.7. The Kier molecular flexibility index (Phi) is 4.51. The Morgan fingerprint density at radius 2 is 2.24 bits per heavy atom. The first kappa shape index (κ1) is 16.9. The lowest BCUT2D eigenvalue weighted by Crippen LogP contribution is -2.38. The van der Waals surface area contributed by atoms with Crippen LogP contribution < -0.4 is 4.90 Å². The molecule has 0 aliphatic carbocycles. The molecule has 132 valence electrons. The highest BCUT2D eigenvalue weighted by atomic mass is 35.5. The minimum Gasteiger partial charge on any atom is -0.379 e. The number of carbonyl (C=O) groups is 1. The molecule has 4 rings (SSSR count). The number of thioether (sulfide) groups is 1. The molecule has 1 atom stereocenters. The summed E-state index contributed by atoms with van der Waals surface area (Å²) in [6, 6.07) is -0.149. The van der Waals surface area contributed by atoms with Crippen LogP contribution in [0.3, 0.4) is 0 Å². The molecule has 1 fully saturated rings. The van der Waals surface area contributed by atoms with E-state index in [4.69, 9.17) is 16.3 Å². The number of halogens is 2. The van der Waals surface area contributed by atoms with Crippen molar-refractivity contribution < 1.29 is 13.9 Å². The molecule has 0 radical (unpaired) electrons. The summed E-state index contributed by atoms with van der Waals surface area (Å²) in [5, 5.41) is 0.494. The van der Waals surface area contributed by atoms with Gasteiger partial charge in [-0.05, 0) is 12.2 Å². The number of Topliss-reactive ketones (excluding diaryl/α,β-unsaturated/α-hetero) is 1. The van der Waals surface area contributed by atoms with E-state index in [9.17, 15) is 9.18 Å². The van der Waals surface area contributed by atoms with Gasteiger partial charge < -0.3 is 9.64 Å². The minimum absolute atomic E-state index is 0.0649. The van der Waals surface area contributed by atoms with Crippen molar-refractivity contribution in [2.24, 2.45) is 0 Å². The van der Waals surface area contributed by atoms with Gasteiger partial charge in [0.15, 0.2) is 21.9 Å². The van der Waals surface area contributed by atoms with Crippen LogP contribution >= 0.6 is 23.4 Å². The van der Waals surface area contributed by atoms with Crippen LogP contribution in [0.1, 0.15) is 30.3 Å². The molecule has 2 aliphatic heterocycles. The first-order chi connectivity index (χ1) is 12.1. The van der Waals surface area contributed by atoms with Crippen molar-refractivity contribution in [3.8, 4) is 0 Å². The fourth-order valence-electron chi connectivity index (χ4n) is 3.30. The molecule has 0 amide bonds. The maximum absolute atomic E-state index is 14.7. The molecule has 0 bridgehead atoms. The zero-order valence-corrected chi connectivity index (χ0v) is 15.2. The normalized spacial score (nSPS) is 20.4. The van der Waals surface area contributed by atoms with Crippen LogP contribution in [-0.2, 0) is 4.74 Å². The van der Waals surface area contributed by atoms with Crippen molar-refractivity contribution in [1.82, 2.24) is 15.0 Å². The third-order valence-corrected chi connectivity index (χ3v) is 5.35. The Morgan fingerprint density at radius 1 is 1.40 bits per heavy atom. The number of aromatic nitrogens is 3. The highest BCUT2D eigenvalue weighted by molar-refractivity contribution is 7.99. The largest absolute Gasteiger partial charge is 0.379 e. The summed E-state index contributed by atoms with van der Waals surface area (Å²) < 4.78 is 20.3. The van der Waals surface area contributed by atoms with Crippen LogP contribution in [-0.4, -0.2) is 52.3 Å². The second-order valence-electron chi connectivity index (χ2n) is 5.95. The summed E-state index contributed by atoms with van der Waals surface area (Å²) in [4.78, 5) is 27.7. The smallest absolute Gasteiger partial charge is 0.190 e.